The van der Waals surface area contributed by atoms with E-state index in [-0.39, 0.29) is 11.7 Å². The molecule has 3 N–H and O–H groups in total. The molecule has 35 heavy (non-hydrogen) atoms. The first-order chi connectivity index (χ1) is 16.8. The Hall–Kier alpha value is -3.45. The Bertz CT molecular complexity index is 1270. The summed E-state index contributed by atoms with van der Waals surface area (Å²) in [6.07, 6.45) is 2.38. The van der Waals surface area contributed by atoms with E-state index in [0.717, 1.165) is 48.4 Å². The second-order valence-electron chi connectivity index (χ2n) is 9.94. The van der Waals surface area contributed by atoms with Gasteiger partial charge in [0.1, 0.15) is 11.6 Å². The molecule has 2 aromatic carbocycles. The first-order valence-corrected chi connectivity index (χ1v) is 12.2. The second kappa shape index (κ2) is 9.30. The van der Waals surface area contributed by atoms with Crippen LogP contribution >= 0.6 is 0 Å². The van der Waals surface area contributed by atoms with Crippen molar-refractivity contribution >= 4 is 17.4 Å². The van der Waals surface area contributed by atoms with Gasteiger partial charge in [0.15, 0.2) is 0 Å². The van der Waals surface area contributed by atoms with Gasteiger partial charge in [-0.2, -0.15) is 0 Å². The van der Waals surface area contributed by atoms with Gasteiger partial charge in [-0.3, -0.25) is 9.69 Å². The fourth-order valence-electron chi connectivity index (χ4n) is 5.24. The minimum atomic E-state index is -0.276. The predicted molar refractivity (Wildman–Crippen MR) is 139 cm³/mol. The third-order valence-corrected chi connectivity index (χ3v) is 7.35. The van der Waals surface area contributed by atoms with Gasteiger partial charge in [-0.25, -0.2) is 9.37 Å². The molecule has 0 radical (unpaired) electrons. The summed E-state index contributed by atoms with van der Waals surface area (Å²) in [5.74, 6) is 0.578. The lowest BCUT2D eigenvalue weighted by atomic mass is 9.94. The second-order valence-corrected chi connectivity index (χ2v) is 9.94. The van der Waals surface area contributed by atoms with Crippen molar-refractivity contribution < 1.29 is 9.18 Å². The van der Waals surface area contributed by atoms with Crippen molar-refractivity contribution in [1.29, 1.82) is 0 Å². The number of carbonyl (C=O) groups is 1. The van der Waals surface area contributed by atoms with Gasteiger partial charge in [0.05, 0.1) is 0 Å². The molecule has 2 aliphatic rings. The van der Waals surface area contributed by atoms with E-state index in [2.05, 4.69) is 41.0 Å². The SMILES string of the molecule is CC(C)[C@@H]1CN(c2ccc(-c3cnc(N)c(-c4ccc5c(c4)CCNC5=O)c3)c(F)c2)CCN1C. The number of nitrogens with two attached hydrogens (primary N) is 1. The summed E-state index contributed by atoms with van der Waals surface area (Å²) in [4.78, 5) is 21.1. The van der Waals surface area contributed by atoms with Crippen LogP contribution in [0.1, 0.15) is 29.8 Å². The number of piperazine rings is 1. The summed E-state index contributed by atoms with van der Waals surface area (Å²) in [5.41, 5.74) is 11.6. The van der Waals surface area contributed by atoms with E-state index in [1.807, 2.05) is 36.4 Å². The Kier molecular flexibility index (Phi) is 6.19. The molecule has 0 aliphatic carbocycles. The van der Waals surface area contributed by atoms with Crippen molar-refractivity contribution in [2.45, 2.75) is 26.3 Å². The van der Waals surface area contributed by atoms with Gasteiger partial charge in [-0.1, -0.05) is 26.0 Å². The molecule has 7 heteroatoms. The van der Waals surface area contributed by atoms with Gasteiger partial charge in [0, 0.05) is 66.4 Å². The minimum absolute atomic E-state index is 0.0557. The highest BCUT2D eigenvalue weighted by molar-refractivity contribution is 5.97. The number of nitrogen functional groups attached to an aromatic ring is 1. The maximum Gasteiger partial charge on any atom is 0.251 e. The van der Waals surface area contributed by atoms with Gasteiger partial charge in [-0.15, -0.1) is 0 Å². The Morgan fingerprint density at radius 2 is 1.86 bits per heavy atom. The summed E-state index contributed by atoms with van der Waals surface area (Å²) in [6, 6.07) is 13.5. The van der Waals surface area contributed by atoms with E-state index in [4.69, 9.17) is 5.73 Å². The maximum absolute atomic E-state index is 15.4. The lowest BCUT2D eigenvalue weighted by Crippen LogP contribution is -2.53. The lowest BCUT2D eigenvalue weighted by molar-refractivity contribution is 0.0946. The first kappa shape index (κ1) is 23.3. The average Bonchev–Trinajstić information content (AvgIpc) is 2.84. The van der Waals surface area contributed by atoms with Crippen LogP contribution in [0, 0.1) is 11.7 Å². The highest BCUT2D eigenvalue weighted by atomic mass is 19.1. The fourth-order valence-corrected chi connectivity index (χ4v) is 5.24. The molecule has 0 bridgehead atoms. The highest BCUT2D eigenvalue weighted by Gasteiger charge is 2.27. The molecule has 182 valence electrons. The summed E-state index contributed by atoms with van der Waals surface area (Å²) in [6.45, 7) is 7.81. The highest BCUT2D eigenvalue weighted by Crippen LogP contribution is 2.34. The molecule has 1 amide bonds. The zero-order valence-corrected chi connectivity index (χ0v) is 20.5. The molecule has 1 fully saturated rings. The molecule has 3 heterocycles. The van der Waals surface area contributed by atoms with Crippen LogP contribution in [0.4, 0.5) is 15.9 Å². The smallest absolute Gasteiger partial charge is 0.251 e. The number of likely N-dealkylation sites (N-methyl/N-ethyl adjacent to an activating group) is 1. The van der Waals surface area contributed by atoms with Gasteiger partial charge < -0.3 is 16.0 Å². The molecule has 0 spiro atoms. The molecule has 3 aromatic rings. The molecule has 0 saturated carbocycles. The number of rotatable bonds is 4. The summed E-state index contributed by atoms with van der Waals surface area (Å²) >= 11 is 0. The van der Waals surface area contributed by atoms with Gasteiger partial charge in [-0.05, 0) is 60.8 Å². The zero-order chi connectivity index (χ0) is 24.7. The van der Waals surface area contributed by atoms with Crippen LogP contribution in [0.25, 0.3) is 22.3 Å². The summed E-state index contributed by atoms with van der Waals surface area (Å²) in [7, 11) is 2.16. The van der Waals surface area contributed by atoms with Crippen LogP contribution in [0.3, 0.4) is 0 Å². The quantitative estimate of drug-likeness (QED) is 0.594. The van der Waals surface area contributed by atoms with Crippen molar-refractivity contribution in [3.05, 3.63) is 65.6 Å². The summed E-state index contributed by atoms with van der Waals surface area (Å²) in [5, 5.41) is 2.86. The van der Waals surface area contributed by atoms with Gasteiger partial charge in [0.2, 0.25) is 0 Å². The van der Waals surface area contributed by atoms with Crippen LogP contribution in [0.2, 0.25) is 0 Å². The van der Waals surface area contributed by atoms with Crippen LogP contribution in [0.15, 0.2) is 48.7 Å². The van der Waals surface area contributed by atoms with Crippen molar-refractivity contribution in [2.24, 2.45) is 5.92 Å². The monoisotopic (exact) mass is 473 g/mol. The summed E-state index contributed by atoms with van der Waals surface area (Å²) < 4.78 is 15.4. The van der Waals surface area contributed by atoms with E-state index >= 15 is 4.39 Å². The normalized spacial score (nSPS) is 18.5. The van der Waals surface area contributed by atoms with Crippen molar-refractivity contribution in [2.75, 3.05) is 43.9 Å². The number of benzene rings is 2. The predicted octanol–water partition coefficient (Wildman–Crippen LogP) is 4.20. The maximum atomic E-state index is 15.4. The number of hydrogen-bond acceptors (Lipinski definition) is 5. The van der Waals surface area contributed by atoms with Crippen molar-refractivity contribution in [3.8, 4) is 22.3 Å². The number of hydrogen-bond donors (Lipinski definition) is 2. The number of halogens is 1. The Morgan fingerprint density at radius 3 is 2.63 bits per heavy atom. The van der Waals surface area contributed by atoms with E-state index in [1.165, 1.54) is 0 Å². The lowest BCUT2D eigenvalue weighted by Gasteiger charge is -2.42. The van der Waals surface area contributed by atoms with Crippen molar-refractivity contribution in [1.82, 2.24) is 15.2 Å². The van der Waals surface area contributed by atoms with E-state index in [0.29, 0.717) is 41.0 Å². The molecule has 2 aliphatic heterocycles. The number of carbonyl (C=O) groups excluding carboxylic acids is 1. The van der Waals surface area contributed by atoms with Crippen molar-refractivity contribution in [3.63, 3.8) is 0 Å². The average molecular weight is 474 g/mol. The molecule has 6 nitrogen and oxygen atoms in total. The molecule has 1 saturated heterocycles. The number of pyridine rings is 1. The molecule has 5 rings (SSSR count). The van der Waals surface area contributed by atoms with Crippen LogP contribution < -0.4 is 16.0 Å². The van der Waals surface area contributed by atoms with Gasteiger partial charge >= 0.3 is 0 Å². The Morgan fingerprint density at radius 1 is 1.06 bits per heavy atom. The standard InChI is InChI=1S/C28H32FN5O/c1-17(2)26-16-34(11-10-33(26)3)21-5-7-22(25(29)14-21)20-13-24(27(30)32-15-20)18-4-6-23-19(12-18)8-9-31-28(23)35/h4-7,12-15,17,26H,8-11,16H2,1-3H3,(H2,30,32)(H,31,35)/t26-/m0/s1. The number of nitrogens with zero attached hydrogens (tertiary/aromatic N) is 3. The molecule has 1 atom stereocenters. The van der Waals surface area contributed by atoms with Gasteiger partial charge in [0.25, 0.3) is 5.91 Å². The molecule has 0 unspecified atom stereocenters. The third kappa shape index (κ3) is 4.48. The number of nitrogens with one attached hydrogen (secondary N) is 1. The van der Waals surface area contributed by atoms with Crippen LogP contribution in [0.5, 0.6) is 0 Å². The Balaban J connectivity index is 1.44. The fraction of sp³-hybridized carbons (Fsp3) is 0.357. The van der Waals surface area contributed by atoms with E-state index in [9.17, 15) is 4.79 Å². The van der Waals surface area contributed by atoms with E-state index in [1.54, 1.807) is 12.3 Å². The third-order valence-electron chi connectivity index (χ3n) is 7.35. The number of anilines is 2. The van der Waals surface area contributed by atoms with E-state index < -0.39 is 0 Å². The Labute approximate surface area is 206 Å². The number of aromatic nitrogens is 1. The largest absolute Gasteiger partial charge is 0.383 e. The molecule has 1 aromatic heterocycles. The molecular formula is C28H32FN5O. The first-order valence-electron chi connectivity index (χ1n) is 12.2. The topological polar surface area (TPSA) is 74.5 Å². The zero-order valence-electron chi connectivity index (χ0n) is 20.5. The van der Waals surface area contributed by atoms with Crippen LogP contribution in [-0.2, 0) is 6.42 Å². The van der Waals surface area contributed by atoms with Crippen LogP contribution in [-0.4, -0.2) is 55.1 Å². The molecular weight excluding hydrogens is 441 g/mol. The number of fused-ring (bicyclic) bond motifs is 1. The minimum Gasteiger partial charge on any atom is -0.383 e. The number of amides is 1.